The maximum absolute atomic E-state index is 3.21. The summed E-state index contributed by atoms with van der Waals surface area (Å²) in [6, 6.07) is 15.1. The van der Waals surface area contributed by atoms with Gasteiger partial charge in [-0.3, -0.25) is 0 Å². The van der Waals surface area contributed by atoms with Gasteiger partial charge in [0.2, 0.25) is 0 Å². The van der Waals surface area contributed by atoms with E-state index >= 15 is 0 Å². The van der Waals surface area contributed by atoms with E-state index in [0.29, 0.717) is 0 Å². The fraction of sp³-hybridized carbons (Fsp3) is 0.476. The predicted molar refractivity (Wildman–Crippen MR) is 224 cm³/mol. The van der Waals surface area contributed by atoms with E-state index in [0.717, 1.165) is 0 Å². The minimum Gasteiger partial charge on any atom is -1.00 e. The first-order valence-electron chi connectivity index (χ1n) is 17.7. The summed E-state index contributed by atoms with van der Waals surface area (Å²) in [7, 11) is 23.1. The molecule has 0 radical (unpaired) electrons. The number of hydrogen-bond donors (Lipinski definition) is 0. The third-order valence-electron chi connectivity index (χ3n) is 11.5. The summed E-state index contributed by atoms with van der Waals surface area (Å²) < 4.78 is 1.48. The first kappa shape index (κ1) is 48.8. The average Bonchev–Trinajstić information content (AvgIpc) is 3.16. The first-order chi connectivity index (χ1) is 23.1. The van der Waals surface area contributed by atoms with Gasteiger partial charge in [-0.25, -0.2) is 0 Å². The van der Waals surface area contributed by atoms with Crippen molar-refractivity contribution < 1.29 is 57.7 Å². The Labute approximate surface area is 354 Å². The molecule has 0 saturated heterocycles. The summed E-state index contributed by atoms with van der Waals surface area (Å²) in [6.45, 7) is 16.6. The summed E-state index contributed by atoms with van der Waals surface area (Å²) in [5, 5.41) is 4.07. The van der Waals surface area contributed by atoms with Gasteiger partial charge in [-0.2, -0.15) is 0 Å². The van der Waals surface area contributed by atoms with E-state index < -0.39 is 8.07 Å². The van der Waals surface area contributed by atoms with Crippen LogP contribution in [0.1, 0.15) is 44.4 Å². The molecule has 3 aromatic rings. The van der Waals surface area contributed by atoms with Crippen LogP contribution in [0.4, 0.5) is 34.1 Å². The van der Waals surface area contributed by atoms with Crippen LogP contribution in [0.3, 0.4) is 0 Å². The summed E-state index contributed by atoms with van der Waals surface area (Å²) in [5.74, 6) is 0. The molecule has 0 spiro atoms. The number of rotatable bonds is 10. The molecule has 0 aliphatic heterocycles. The molecular formula is C42H63Cl3N6SiTi. The number of hydrogen-bond acceptors (Lipinski definition) is 6. The van der Waals surface area contributed by atoms with Crippen LogP contribution in [0.2, 0.25) is 5.04 Å². The van der Waals surface area contributed by atoms with Crippen molar-refractivity contribution in [3.05, 3.63) is 73.7 Å². The Morgan fingerprint density at radius 2 is 0.660 bits per heavy atom. The van der Waals surface area contributed by atoms with Crippen molar-refractivity contribution in [2.45, 2.75) is 53.5 Å². The zero-order valence-corrected chi connectivity index (χ0v) is 40.6. The second-order valence-corrected chi connectivity index (χ2v) is 20.9. The Bertz CT molecular complexity index is 1690. The molecule has 0 fully saturated rings. The van der Waals surface area contributed by atoms with Gasteiger partial charge in [-0.05, 0) is 0 Å². The molecule has 0 amide bonds. The molecule has 1 atom stereocenters. The summed E-state index contributed by atoms with van der Waals surface area (Å²) in [5.41, 5.74) is 15.8. The fourth-order valence-corrected chi connectivity index (χ4v) is 17.2. The first-order valence-corrected chi connectivity index (χ1v) is 20.5. The Morgan fingerprint density at radius 3 is 0.849 bits per heavy atom. The minimum atomic E-state index is -3.21. The van der Waals surface area contributed by atoms with Crippen LogP contribution in [0.25, 0.3) is 0 Å². The quantitative estimate of drug-likeness (QED) is 0.164. The molecule has 4 rings (SSSR count). The van der Waals surface area contributed by atoms with Crippen molar-refractivity contribution >= 4 is 57.8 Å². The fourth-order valence-electron chi connectivity index (χ4n) is 8.63. The van der Waals surface area contributed by atoms with Gasteiger partial charge in [-0.15, -0.1) is 0 Å². The Hall–Kier alpha value is -2.26. The smallest absolute Gasteiger partial charge is 1.00 e. The minimum absolute atomic E-state index is 0. The molecule has 11 heteroatoms. The largest absolute Gasteiger partial charge is 1.00 e. The molecule has 1 aliphatic rings. The SMILES string of the molecule is CC1=C(C)C(C)([Si](c2cc(C)c(N(C)C)cc2N(C)C)(c2cc(C)c(N(C)C)cc2N(C)C)c2cc(C)c(N(C)C)cc2N(C)C)[C]([Ti+3])=C1C.[Cl-].[Cl-].[Cl-]. The topological polar surface area (TPSA) is 19.4 Å². The molecule has 0 aromatic heterocycles. The van der Waals surface area contributed by atoms with E-state index in [2.05, 4.69) is 219 Å². The van der Waals surface area contributed by atoms with Gasteiger partial charge in [0, 0.05) is 0 Å². The zero-order valence-electron chi connectivity index (χ0n) is 35.8. The monoisotopic (exact) mass is 832 g/mol. The van der Waals surface area contributed by atoms with Gasteiger partial charge >= 0.3 is 319 Å². The molecule has 0 N–H and O–H groups in total. The number of anilines is 6. The molecule has 0 saturated carbocycles. The molecular weight excluding hydrogens is 771 g/mol. The third kappa shape index (κ3) is 7.78. The van der Waals surface area contributed by atoms with Crippen molar-refractivity contribution in [1.82, 2.24) is 0 Å². The Morgan fingerprint density at radius 1 is 0.415 bits per heavy atom. The summed E-state index contributed by atoms with van der Waals surface area (Å²) in [6.07, 6.45) is 0. The van der Waals surface area contributed by atoms with Crippen LogP contribution in [0.15, 0.2) is 57.0 Å². The molecule has 6 nitrogen and oxygen atoms in total. The van der Waals surface area contributed by atoms with E-state index in [9.17, 15) is 0 Å². The van der Waals surface area contributed by atoms with Gasteiger partial charge in [-0.1, -0.05) is 0 Å². The molecule has 1 aliphatic carbocycles. The normalized spacial score (nSPS) is 15.4. The van der Waals surface area contributed by atoms with E-state index in [1.807, 2.05) is 0 Å². The number of halogens is 3. The van der Waals surface area contributed by atoms with Crippen molar-refractivity contribution in [1.29, 1.82) is 0 Å². The van der Waals surface area contributed by atoms with Gasteiger partial charge in [0.05, 0.1) is 0 Å². The van der Waals surface area contributed by atoms with E-state index in [-0.39, 0.29) is 42.3 Å². The summed E-state index contributed by atoms with van der Waals surface area (Å²) >= 11 is 2.43. The summed E-state index contributed by atoms with van der Waals surface area (Å²) in [4.78, 5) is 13.9. The van der Waals surface area contributed by atoms with Gasteiger partial charge < -0.3 is 37.2 Å². The number of aryl methyl sites for hydroxylation is 3. The van der Waals surface area contributed by atoms with E-state index in [4.69, 9.17) is 0 Å². The number of benzene rings is 3. The molecule has 53 heavy (non-hydrogen) atoms. The molecule has 1 unspecified atom stereocenters. The van der Waals surface area contributed by atoms with E-state index in [1.54, 1.807) is 0 Å². The molecule has 290 valence electrons. The zero-order chi connectivity index (χ0) is 37.9. The number of allylic oxidation sites excluding steroid dienone is 4. The standard InChI is InChI=1S/C42H63N6Si.3ClH.Ti/c1-27-20-39(36(46(14)15)23-33(27)43(8)9)49(42(7)26-30(4)31(5)32(42)6,40-21-28(2)34(44(10)11)24-37(40)47(16)17)41-22-29(3)35(45(12)13)25-38(41)48(18)19;;;;/h20-25H,1-19H3;3*1H;/q;;;;+3/p-3. The van der Waals surface area contributed by atoms with Crippen LogP contribution < -0.4 is 82.2 Å². The Kier molecular flexibility index (Phi) is 16.3. The average molecular weight is 834 g/mol. The number of nitrogens with zero attached hydrogens (tertiary/aromatic N) is 6. The van der Waals surface area contributed by atoms with Crippen LogP contribution in [-0.2, 0) is 20.4 Å². The van der Waals surface area contributed by atoms with Crippen LogP contribution in [0.5, 0.6) is 0 Å². The molecule has 3 aromatic carbocycles. The van der Waals surface area contributed by atoms with Crippen LogP contribution >= 0.6 is 0 Å². The second-order valence-electron chi connectivity index (χ2n) is 16.0. The van der Waals surface area contributed by atoms with Crippen molar-refractivity contribution in [2.75, 3.05) is 114 Å². The molecule has 0 heterocycles. The predicted octanol–water partition coefficient (Wildman–Crippen LogP) is -2.58. The van der Waals surface area contributed by atoms with Crippen molar-refractivity contribution in [3.8, 4) is 0 Å². The molecule has 0 bridgehead atoms. The van der Waals surface area contributed by atoms with E-state index in [1.165, 1.54) is 87.0 Å². The Balaban J connectivity index is 0.00000468. The third-order valence-corrected chi connectivity index (χ3v) is 19.1. The van der Waals surface area contributed by atoms with Gasteiger partial charge in [0.25, 0.3) is 0 Å². The van der Waals surface area contributed by atoms with Gasteiger partial charge in [0.1, 0.15) is 0 Å². The van der Waals surface area contributed by atoms with Gasteiger partial charge in [0.15, 0.2) is 0 Å². The van der Waals surface area contributed by atoms with Crippen LogP contribution in [0, 0.1) is 20.8 Å². The second kappa shape index (κ2) is 17.7. The maximum Gasteiger partial charge on any atom is -1.00 e. The van der Waals surface area contributed by atoms with Crippen molar-refractivity contribution in [3.63, 3.8) is 0 Å². The van der Waals surface area contributed by atoms with Crippen molar-refractivity contribution in [2.24, 2.45) is 0 Å². The maximum atomic E-state index is 2.60. The van der Waals surface area contributed by atoms with Crippen LogP contribution in [-0.4, -0.2) is 92.6 Å².